The van der Waals surface area contributed by atoms with Gasteiger partial charge in [0.1, 0.15) is 0 Å². The van der Waals surface area contributed by atoms with E-state index >= 15 is 0 Å². The Labute approximate surface area is 173 Å². The highest BCUT2D eigenvalue weighted by Crippen LogP contribution is 2.60. The summed E-state index contributed by atoms with van der Waals surface area (Å²) >= 11 is 2.99. The van der Waals surface area contributed by atoms with Crippen LogP contribution in [0.25, 0.3) is 22.9 Å². The molecule has 0 unspecified atom stereocenters. The number of alkyl halides is 2. The maximum absolute atomic E-state index is 14.1. The molecule has 3 rings (SSSR count). The maximum Gasteiger partial charge on any atom is 0.399 e. The van der Waals surface area contributed by atoms with Crippen molar-refractivity contribution in [1.82, 2.24) is 0 Å². The summed E-state index contributed by atoms with van der Waals surface area (Å²) in [4.78, 5) is 34.2. The minimum atomic E-state index is -5.64. The lowest BCUT2D eigenvalue weighted by molar-refractivity contribution is -0.191. The van der Waals surface area contributed by atoms with E-state index in [9.17, 15) is 13.3 Å². The van der Waals surface area contributed by atoms with Crippen LogP contribution in [0.3, 0.4) is 0 Å². The van der Waals surface area contributed by atoms with Crippen LogP contribution in [-0.4, -0.2) is 15.9 Å². The first-order chi connectivity index (χ1) is 13.6. The Morgan fingerprint density at radius 1 is 0.897 bits per heavy atom. The Morgan fingerprint density at radius 3 is 2.07 bits per heavy atom. The third-order valence-corrected chi connectivity index (χ3v) is 5.54. The highest BCUT2D eigenvalue weighted by molar-refractivity contribution is 9.10. The predicted molar refractivity (Wildman–Crippen MR) is 108 cm³/mol. The predicted octanol–water partition coefficient (Wildman–Crippen LogP) is 5.42. The number of hydrogen-bond donors (Lipinski definition) is 2. The molecule has 0 bridgehead atoms. The second kappa shape index (κ2) is 9.35. The molecular formula is C20H14BrF2O5P. The SMILES string of the molecule is O=C=O.O=P(O)(O)C(F)(F)c1cc2cc(/C=C/c3ccccc3)ccc2cc1Br. The molecular weight excluding hydrogens is 469 g/mol. The van der Waals surface area contributed by atoms with Gasteiger partial charge in [0.2, 0.25) is 0 Å². The Balaban J connectivity index is 0.000000941. The third kappa shape index (κ3) is 5.54. The standard InChI is InChI=1S/C19H14BrF2O3P.CO2/c20-18-12-15-9-8-14(7-6-13-4-2-1-3-5-13)10-16(15)11-17(18)19(21,22)26(23,24)25;2-1-3/h1-12H,(H2,23,24,25);/b7-6+;. The van der Waals surface area contributed by atoms with Crippen molar-refractivity contribution in [3.8, 4) is 0 Å². The summed E-state index contributed by atoms with van der Waals surface area (Å²) in [5.74, 6) is 0. The van der Waals surface area contributed by atoms with E-state index in [2.05, 4.69) is 15.9 Å². The summed E-state index contributed by atoms with van der Waals surface area (Å²) in [6.07, 6.45) is 3.99. The van der Waals surface area contributed by atoms with Gasteiger partial charge in [-0.2, -0.15) is 18.4 Å². The fourth-order valence-electron chi connectivity index (χ4n) is 2.54. The highest BCUT2D eigenvalue weighted by atomic mass is 79.9. The summed E-state index contributed by atoms with van der Waals surface area (Å²) in [7, 11) is -5.64. The van der Waals surface area contributed by atoms with E-state index in [1.54, 1.807) is 12.1 Å². The fraction of sp³-hybridized carbons (Fsp3) is 0.0500. The zero-order chi connectivity index (χ0) is 21.7. The first-order valence-electron chi connectivity index (χ1n) is 8.00. The fourth-order valence-corrected chi connectivity index (χ4v) is 3.80. The zero-order valence-corrected chi connectivity index (χ0v) is 17.1. The quantitative estimate of drug-likeness (QED) is 0.382. The largest absolute Gasteiger partial charge is 0.399 e. The van der Waals surface area contributed by atoms with E-state index < -0.39 is 18.8 Å². The molecule has 0 heterocycles. The van der Waals surface area contributed by atoms with E-state index in [1.807, 2.05) is 48.6 Å². The van der Waals surface area contributed by atoms with Gasteiger partial charge in [0, 0.05) is 10.0 Å². The molecule has 0 saturated carbocycles. The average Bonchev–Trinajstić information content (AvgIpc) is 2.66. The number of fused-ring (bicyclic) bond motifs is 1. The molecule has 0 saturated heterocycles. The van der Waals surface area contributed by atoms with E-state index in [0.717, 1.165) is 17.2 Å². The van der Waals surface area contributed by atoms with Gasteiger partial charge in [0.05, 0.1) is 0 Å². The van der Waals surface area contributed by atoms with Crippen LogP contribution < -0.4 is 0 Å². The molecule has 9 heteroatoms. The van der Waals surface area contributed by atoms with Crippen LogP contribution >= 0.6 is 23.5 Å². The van der Waals surface area contributed by atoms with Gasteiger partial charge < -0.3 is 9.79 Å². The van der Waals surface area contributed by atoms with Crippen molar-refractivity contribution in [3.63, 3.8) is 0 Å². The normalized spacial score (nSPS) is 11.8. The van der Waals surface area contributed by atoms with E-state index in [0.29, 0.717) is 10.8 Å². The second-order valence-corrected chi connectivity index (χ2v) is 8.36. The Bertz CT molecular complexity index is 1120. The van der Waals surface area contributed by atoms with Crippen molar-refractivity contribution >= 4 is 52.6 Å². The Kier molecular flexibility index (Phi) is 7.36. The molecule has 0 aliphatic heterocycles. The van der Waals surface area contributed by atoms with Crippen molar-refractivity contribution in [2.75, 3.05) is 0 Å². The Morgan fingerprint density at radius 2 is 1.48 bits per heavy atom. The van der Waals surface area contributed by atoms with Gasteiger partial charge in [0.25, 0.3) is 0 Å². The van der Waals surface area contributed by atoms with Crippen molar-refractivity contribution in [2.45, 2.75) is 5.66 Å². The molecule has 0 aromatic heterocycles. The minimum Gasteiger partial charge on any atom is -0.320 e. The van der Waals surface area contributed by atoms with Crippen LogP contribution in [0, 0.1) is 0 Å². The average molecular weight is 483 g/mol. The lowest BCUT2D eigenvalue weighted by atomic mass is 10.0. The Hall–Kier alpha value is -2.47. The summed E-state index contributed by atoms with van der Waals surface area (Å²) in [5, 5.41) is 1.14. The highest BCUT2D eigenvalue weighted by Gasteiger charge is 2.51. The van der Waals surface area contributed by atoms with Crippen LogP contribution in [0.1, 0.15) is 16.7 Å². The molecule has 0 aliphatic carbocycles. The second-order valence-electron chi connectivity index (χ2n) is 5.85. The molecule has 0 amide bonds. The van der Waals surface area contributed by atoms with Crippen molar-refractivity contribution in [2.24, 2.45) is 0 Å². The number of benzene rings is 3. The molecule has 0 fully saturated rings. The van der Waals surface area contributed by atoms with Crippen molar-refractivity contribution < 1.29 is 32.7 Å². The number of carbonyl (C=O) groups excluding carboxylic acids is 2. The smallest absolute Gasteiger partial charge is 0.320 e. The molecule has 29 heavy (non-hydrogen) atoms. The van der Waals surface area contributed by atoms with Gasteiger partial charge in [-0.15, -0.1) is 0 Å². The molecule has 3 aromatic rings. The van der Waals surface area contributed by atoms with E-state index in [-0.39, 0.29) is 10.6 Å². The van der Waals surface area contributed by atoms with E-state index in [1.165, 1.54) is 6.07 Å². The first-order valence-corrected chi connectivity index (χ1v) is 10.4. The molecule has 0 radical (unpaired) electrons. The summed E-state index contributed by atoms with van der Waals surface area (Å²) in [6.45, 7) is 0. The van der Waals surface area contributed by atoms with Gasteiger partial charge in [-0.25, -0.2) is 0 Å². The van der Waals surface area contributed by atoms with Crippen molar-refractivity contribution in [3.05, 3.63) is 81.8 Å². The topological polar surface area (TPSA) is 91.7 Å². The zero-order valence-electron chi connectivity index (χ0n) is 14.6. The van der Waals surface area contributed by atoms with Crippen LogP contribution in [0.4, 0.5) is 8.78 Å². The van der Waals surface area contributed by atoms with Crippen molar-refractivity contribution in [1.29, 1.82) is 0 Å². The van der Waals surface area contributed by atoms with Gasteiger partial charge in [-0.1, -0.05) is 70.5 Å². The van der Waals surface area contributed by atoms with Gasteiger partial charge in [-0.3, -0.25) is 4.57 Å². The van der Waals surface area contributed by atoms with Crippen LogP contribution in [0.5, 0.6) is 0 Å². The lowest BCUT2D eigenvalue weighted by Crippen LogP contribution is -2.14. The van der Waals surface area contributed by atoms with Crippen LogP contribution in [0.15, 0.2) is 65.1 Å². The summed E-state index contributed by atoms with van der Waals surface area (Å²) < 4.78 is 39.4. The summed E-state index contributed by atoms with van der Waals surface area (Å²) in [6, 6.07) is 17.5. The van der Waals surface area contributed by atoms with E-state index in [4.69, 9.17) is 19.4 Å². The third-order valence-electron chi connectivity index (χ3n) is 3.91. The maximum atomic E-state index is 14.1. The molecule has 5 nitrogen and oxygen atoms in total. The monoisotopic (exact) mass is 482 g/mol. The minimum absolute atomic E-state index is 0.0501. The summed E-state index contributed by atoms with van der Waals surface area (Å²) in [5.41, 5.74) is -3.22. The number of halogens is 3. The lowest BCUT2D eigenvalue weighted by Gasteiger charge is -2.20. The van der Waals surface area contributed by atoms with Crippen LogP contribution in [-0.2, 0) is 19.8 Å². The first kappa shape index (κ1) is 22.8. The molecule has 3 aromatic carbocycles. The number of rotatable bonds is 4. The van der Waals surface area contributed by atoms with Gasteiger partial charge in [-0.05, 0) is 40.1 Å². The molecule has 150 valence electrons. The van der Waals surface area contributed by atoms with Crippen LogP contribution in [0.2, 0.25) is 0 Å². The molecule has 0 atom stereocenters. The molecule has 0 spiro atoms. The molecule has 0 aliphatic rings. The van der Waals surface area contributed by atoms with Gasteiger partial charge in [0.15, 0.2) is 0 Å². The van der Waals surface area contributed by atoms with Gasteiger partial charge >= 0.3 is 19.4 Å². The number of hydrogen-bond acceptors (Lipinski definition) is 3. The molecule has 2 N–H and O–H groups in total.